The van der Waals surface area contributed by atoms with Crippen molar-refractivity contribution in [3.05, 3.63) is 48.0 Å². The molecule has 1 aliphatic rings. The summed E-state index contributed by atoms with van der Waals surface area (Å²) in [7, 11) is 0. The van der Waals surface area contributed by atoms with Crippen LogP contribution >= 0.6 is 0 Å². The minimum Gasteiger partial charge on any atom is -0.467 e. The summed E-state index contributed by atoms with van der Waals surface area (Å²) in [6.45, 7) is 7.06. The molecule has 130 valence electrons. The molecular weight excluding hydrogens is 306 g/mol. The van der Waals surface area contributed by atoms with Crippen LogP contribution < -0.4 is 4.90 Å². The molecule has 1 aliphatic heterocycles. The summed E-state index contributed by atoms with van der Waals surface area (Å²) < 4.78 is 10.7. The number of piperazine rings is 1. The molecule has 3 heterocycles. The Labute approximate surface area is 142 Å². The quantitative estimate of drug-likeness (QED) is 0.833. The molecule has 0 bridgehead atoms. The second-order valence-electron chi connectivity index (χ2n) is 6.17. The number of anilines is 1. The Kier molecular flexibility index (Phi) is 5.85. The van der Waals surface area contributed by atoms with Gasteiger partial charge in [0.25, 0.3) is 0 Å². The Morgan fingerprint density at radius 3 is 2.75 bits per heavy atom. The van der Waals surface area contributed by atoms with E-state index in [0.29, 0.717) is 19.8 Å². The van der Waals surface area contributed by atoms with E-state index in [-0.39, 0.29) is 0 Å². The number of rotatable bonds is 7. The van der Waals surface area contributed by atoms with Gasteiger partial charge in [0.2, 0.25) is 0 Å². The molecule has 0 amide bonds. The number of furan rings is 1. The van der Waals surface area contributed by atoms with Gasteiger partial charge >= 0.3 is 0 Å². The summed E-state index contributed by atoms with van der Waals surface area (Å²) in [6.07, 6.45) is 1.14. The van der Waals surface area contributed by atoms with Crippen LogP contribution in [0, 0.1) is 6.92 Å². The molecule has 6 heteroatoms. The highest BCUT2D eigenvalue weighted by Crippen LogP contribution is 2.14. The van der Waals surface area contributed by atoms with Gasteiger partial charge in [-0.05, 0) is 31.2 Å². The minimum atomic E-state index is -0.483. The fourth-order valence-corrected chi connectivity index (χ4v) is 2.91. The molecule has 3 rings (SSSR count). The highest BCUT2D eigenvalue weighted by atomic mass is 16.5. The summed E-state index contributed by atoms with van der Waals surface area (Å²) >= 11 is 0. The first-order valence-corrected chi connectivity index (χ1v) is 8.40. The normalized spacial score (nSPS) is 17.2. The smallest absolute Gasteiger partial charge is 0.129 e. The van der Waals surface area contributed by atoms with E-state index in [1.165, 1.54) is 0 Å². The van der Waals surface area contributed by atoms with E-state index in [2.05, 4.69) is 20.9 Å². The van der Waals surface area contributed by atoms with Gasteiger partial charge in [-0.25, -0.2) is 4.98 Å². The summed E-state index contributed by atoms with van der Waals surface area (Å²) in [5.74, 6) is 1.82. The van der Waals surface area contributed by atoms with Gasteiger partial charge in [0.1, 0.15) is 18.2 Å². The predicted molar refractivity (Wildman–Crippen MR) is 92.0 cm³/mol. The van der Waals surface area contributed by atoms with Crippen molar-refractivity contribution in [2.45, 2.75) is 19.6 Å². The maximum atomic E-state index is 10.1. The molecule has 24 heavy (non-hydrogen) atoms. The van der Waals surface area contributed by atoms with E-state index in [0.717, 1.165) is 43.5 Å². The maximum absolute atomic E-state index is 10.1. The number of aliphatic hydroxyl groups is 1. The molecule has 1 unspecified atom stereocenters. The fourth-order valence-electron chi connectivity index (χ4n) is 2.91. The second-order valence-corrected chi connectivity index (χ2v) is 6.17. The highest BCUT2D eigenvalue weighted by Gasteiger charge is 2.20. The fraction of sp³-hybridized carbons (Fsp3) is 0.500. The first-order chi connectivity index (χ1) is 11.7. The molecule has 2 aromatic heterocycles. The van der Waals surface area contributed by atoms with Gasteiger partial charge < -0.3 is 19.2 Å². The number of hydrogen-bond donors (Lipinski definition) is 1. The lowest BCUT2D eigenvalue weighted by Crippen LogP contribution is -2.49. The molecule has 6 nitrogen and oxygen atoms in total. The zero-order valence-electron chi connectivity index (χ0n) is 14.1. The van der Waals surface area contributed by atoms with Crippen molar-refractivity contribution in [1.82, 2.24) is 9.88 Å². The third kappa shape index (κ3) is 4.80. The summed E-state index contributed by atoms with van der Waals surface area (Å²) in [5.41, 5.74) is 1.04. The molecule has 0 saturated carbocycles. The topological polar surface area (TPSA) is 62.0 Å². The van der Waals surface area contributed by atoms with Crippen LogP contribution in [0.1, 0.15) is 11.5 Å². The van der Waals surface area contributed by atoms with Crippen molar-refractivity contribution < 1.29 is 14.3 Å². The molecule has 1 fully saturated rings. The number of aliphatic hydroxyl groups excluding tert-OH is 1. The van der Waals surface area contributed by atoms with Crippen molar-refractivity contribution in [3.8, 4) is 0 Å². The van der Waals surface area contributed by atoms with Gasteiger partial charge in [0, 0.05) is 38.4 Å². The van der Waals surface area contributed by atoms with Gasteiger partial charge in [-0.2, -0.15) is 0 Å². The number of aryl methyl sites for hydroxylation is 1. The van der Waals surface area contributed by atoms with Crippen LogP contribution in [0.3, 0.4) is 0 Å². The lowest BCUT2D eigenvalue weighted by atomic mass is 10.2. The number of β-amino-alcohol motifs (C(OH)–C–C–N with tert-alkyl or cyclic N) is 1. The summed E-state index contributed by atoms with van der Waals surface area (Å²) in [6, 6.07) is 9.81. The Hall–Kier alpha value is -1.89. The molecule has 2 aromatic rings. The van der Waals surface area contributed by atoms with Crippen molar-refractivity contribution in [1.29, 1.82) is 0 Å². The molecule has 1 N–H and O–H groups in total. The molecule has 0 aliphatic carbocycles. The third-order valence-corrected chi connectivity index (χ3v) is 4.17. The van der Waals surface area contributed by atoms with Gasteiger partial charge in [0.15, 0.2) is 0 Å². The monoisotopic (exact) mass is 331 g/mol. The molecular formula is C18H25N3O3. The van der Waals surface area contributed by atoms with E-state index >= 15 is 0 Å². The standard InChI is InChI=1S/C18H25N3O3/c1-15-4-2-6-18(19-15)21-9-7-20(8-10-21)12-16(22)13-23-14-17-5-3-11-24-17/h2-6,11,16,22H,7-10,12-14H2,1H3. The zero-order valence-corrected chi connectivity index (χ0v) is 14.1. The number of hydrogen-bond acceptors (Lipinski definition) is 6. The van der Waals surface area contributed by atoms with Crippen molar-refractivity contribution in [2.24, 2.45) is 0 Å². The van der Waals surface area contributed by atoms with Gasteiger partial charge in [-0.1, -0.05) is 6.07 Å². The lowest BCUT2D eigenvalue weighted by Gasteiger charge is -2.36. The van der Waals surface area contributed by atoms with E-state index in [9.17, 15) is 5.11 Å². The molecule has 0 spiro atoms. The average molecular weight is 331 g/mol. The van der Waals surface area contributed by atoms with Crippen LogP contribution in [0.25, 0.3) is 0 Å². The van der Waals surface area contributed by atoms with Crippen LogP contribution in [-0.4, -0.2) is 60.4 Å². The van der Waals surface area contributed by atoms with E-state index in [4.69, 9.17) is 9.15 Å². The maximum Gasteiger partial charge on any atom is 0.129 e. The molecule has 0 aromatic carbocycles. The SMILES string of the molecule is Cc1cccc(N2CCN(CC(O)COCc3ccco3)CC2)n1. The number of nitrogens with zero attached hydrogens (tertiary/aromatic N) is 3. The van der Waals surface area contributed by atoms with Crippen LogP contribution in [0.2, 0.25) is 0 Å². The second kappa shape index (κ2) is 8.28. The number of ether oxygens (including phenoxy) is 1. The van der Waals surface area contributed by atoms with Gasteiger partial charge in [-0.15, -0.1) is 0 Å². The molecule has 0 radical (unpaired) electrons. The third-order valence-electron chi connectivity index (χ3n) is 4.17. The van der Waals surface area contributed by atoms with Crippen molar-refractivity contribution in [2.75, 3.05) is 44.2 Å². The number of pyridine rings is 1. The molecule has 1 saturated heterocycles. The van der Waals surface area contributed by atoms with Gasteiger partial charge in [0.05, 0.1) is 19.0 Å². The first kappa shape index (κ1) is 17.0. The van der Waals surface area contributed by atoms with Crippen LogP contribution in [0.4, 0.5) is 5.82 Å². The summed E-state index contributed by atoms with van der Waals surface area (Å²) in [5, 5.41) is 10.1. The highest BCUT2D eigenvalue weighted by molar-refractivity contribution is 5.39. The average Bonchev–Trinajstić information content (AvgIpc) is 3.09. The predicted octanol–water partition coefficient (Wildman–Crippen LogP) is 1.68. The first-order valence-electron chi connectivity index (χ1n) is 8.40. The Balaban J connectivity index is 1.37. The van der Waals surface area contributed by atoms with Gasteiger partial charge in [-0.3, -0.25) is 4.90 Å². The van der Waals surface area contributed by atoms with Crippen LogP contribution in [0.5, 0.6) is 0 Å². The largest absolute Gasteiger partial charge is 0.467 e. The van der Waals surface area contributed by atoms with Crippen LogP contribution in [-0.2, 0) is 11.3 Å². The van der Waals surface area contributed by atoms with E-state index < -0.39 is 6.10 Å². The summed E-state index contributed by atoms with van der Waals surface area (Å²) in [4.78, 5) is 9.14. The van der Waals surface area contributed by atoms with E-state index in [1.54, 1.807) is 6.26 Å². The number of aromatic nitrogens is 1. The van der Waals surface area contributed by atoms with Crippen molar-refractivity contribution in [3.63, 3.8) is 0 Å². The van der Waals surface area contributed by atoms with Crippen molar-refractivity contribution >= 4 is 5.82 Å². The van der Waals surface area contributed by atoms with Crippen LogP contribution in [0.15, 0.2) is 41.0 Å². The zero-order chi connectivity index (χ0) is 16.8. The van der Waals surface area contributed by atoms with E-state index in [1.807, 2.05) is 31.2 Å². The minimum absolute atomic E-state index is 0.320. The Morgan fingerprint density at radius 1 is 1.21 bits per heavy atom. The molecule has 1 atom stereocenters. The lowest BCUT2D eigenvalue weighted by molar-refractivity contribution is 0.00440. The Morgan fingerprint density at radius 2 is 2.04 bits per heavy atom. The Bertz CT molecular complexity index is 610.